The Morgan fingerprint density at radius 2 is 2.00 bits per heavy atom. The van der Waals surface area contributed by atoms with E-state index in [1.54, 1.807) is 5.57 Å². The van der Waals surface area contributed by atoms with E-state index < -0.39 is 0 Å². The van der Waals surface area contributed by atoms with Gasteiger partial charge in [-0.05, 0) is 80.5 Å². The normalized spacial score (nSPS) is 46.3. The van der Waals surface area contributed by atoms with E-state index in [4.69, 9.17) is 0 Å². The first-order chi connectivity index (χ1) is 11.5. The lowest BCUT2D eigenvalue weighted by molar-refractivity contribution is -0.119. The van der Waals surface area contributed by atoms with E-state index in [1.807, 2.05) is 6.92 Å². The van der Waals surface area contributed by atoms with Crippen molar-refractivity contribution in [3.63, 3.8) is 0 Å². The minimum absolute atomic E-state index is 0.167. The minimum Gasteiger partial charge on any atom is -0.393 e. The Morgan fingerprint density at radius 3 is 2.71 bits per heavy atom. The van der Waals surface area contributed by atoms with E-state index in [0.29, 0.717) is 17.1 Å². The Kier molecular flexibility index (Phi) is 4.18. The predicted molar refractivity (Wildman–Crippen MR) is 96.5 cm³/mol. The lowest BCUT2D eigenvalue weighted by Gasteiger charge is -2.56. The highest BCUT2D eigenvalue weighted by atomic mass is 16.3. The van der Waals surface area contributed by atoms with Gasteiger partial charge in [0.25, 0.3) is 0 Å². The summed E-state index contributed by atoms with van der Waals surface area (Å²) in [5.74, 6) is 4.06. The van der Waals surface area contributed by atoms with Crippen LogP contribution in [0, 0.1) is 35.0 Å². The van der Waals surface area contributed by atoms with Crippen LogP contribution in [0.15, 0.2) is 11.1 Å². The highest BCUT2D eigenvalue weighted by molar-refractivity contribution is 5.82. The molecule has 0 spiro atoms. The van der Waals surface area contributed by atoms with Crippen LogP contribution in [-0.2, 0) is 4.79 Å². The zero-order valence-electron chi connectivity index (χ0n) is 15.7. The molecule has 0 aromatic rings. The number of ketones is 1. The third-order valence-corrected chi connectivity index (χ3v) is 8.50. The van der Waals surface area contributed by atoms with E-state index in [9.17, 15) is 9.90 Å². The van der Waals surface area contributed by atoms with Gasteiger partial charge in [-0.25, -0.2) is 0 Å². The number of fused-ring (bicyclic) bond motifs is 4. The van der Waals surface area contributed by atoms with Gasteiger partial charge >= 0.3 is 0 Å². The van der Waals surface area contributed by atoms with Crippen molar-refractivity contribution in [3.8, 4) is 0 Å². The number of carbonyl (C=O) groups is 1. The van der Waals surface area contributed by atoms with Crippen LogP contribution in [-0.4, -0.2) is 17.0 Å². The molecule has 4 rings (SSSR count). The van der Waals surface area contributed by atoms with Crippen LogP contribution in [0.3, 0.4) is 0 Å². The first kappa shape index (κ1) is 16.8. The summed E-state index contributed by atoms with van der Waals surface area (Å²) in [6.07, 6.45) is 9.95. The molecule has 0 aliphatic heterocycles. The van der Waals surface area contributed by atoms with Crippen molar-refractivity contribution in [2.75, 3.05) is 0 Å². The van der Waals surface area contributed by atoms with Crippen molar-refractivity contribution >= 4 is 5.78 Å². The number of allylic oxidation sites excluding steroid dienone is 2. The molecule has 0 unspecified atom stereocenters. The molecule has 0 bridgehead atoms. The number of hydrogen-bond acceptors (Lipinski definition) is 2. The van der Waals surface area contributed by atoms with Crippen LogP contribution >= 0.6 is 0 Å². The van der Waals surface area contributed by atoms with Crippen LogP contribution in [0.4, 0.5) is 0 Å². The monoisotopic (exact) mass is 330 g/mol. The molecule has 0 aromatic heterocycles. The van der Waals surface area contributed by atoms with Gasteiger partial charge < -0.3 is 5.11 Å². The third kappa shape index (κ3) is 2.35. The zero-order chi connectivity index (χ0) is 17.1. The summed E-state index contributed by atoms with van der Waals surface area (Å²) in [5, 5.41) is 10.4. The quantitative estimate of drug-likeness (QED) is 0.731. The molecule has 0 aromatic carbocycles. The Morgan fingerprint density at radius 1 is 1.21 bits per heavy atom. The molecule has 0 heterocycles. The molecular weight excluding hydrogens is 296 g/mol. The molecule has 4 aliphatic rings. The van der Waals surface area contributed by atoms with Crippen molar-refractivity contribution in [3.05, 3.63) is 11.1 Å². The van der Waals surface area contributed by atoms with Crippen LogP contribution in [0.25, 0.3) is 0 Å². The lowest BCUT2D eigenvalue weighted by Crippen LogP contribution is -2.49. The second kappa shape index (κ2) is 5.97. The van der Waals surface area contributed by atoms with Crippen LogP contribution < -0.4 is 0 Å². The van der Waals surface area contributed by atoms with Gasteiger partial charge in [0.1, 0.15) is 5.78 Å². The molecule has 134 valence electrons. The maximum absolute atomic E-state index is 11.9. The zero-order valence-corrected chi connectivity index (χ0v) is 15.7. The number of hydrogen-bond donors (Lipinski definition) is 1. The molecule has 2 saturated carbocycles. The van der Waals surface area contributed by atoms with Gasteiger partial charge in [0.2, 0.25) is 0 Å². The SMILES string of the molecule is CC[C@H]1C[C@@]2(C)[C@H](CC[C@H]2[C@@H](C)O)[C@@H]2CCC3=C(CCC(=O)C3)[C@@H]12. The molecule has 2 nitrogen and oxygen atoms in total. The molecule has 7 atom stereocenters. The van der Waals surface area contributed by atoms with Crippen LogP contribution in [0.2, 0.25) is 0 Å². The molecule has 24 heavy (non-hydrogen) atoms. The fraction of sp³-hybridized carbons (Fsp3) is 0.864. The minimum atomic E-state index is -0.167. The van der Waals surface area contributed by atoms with Crippen LogP contribution in [0.5, 0.6) is 0 Å². The van der Waals surface area contributed by atoms with Crippen molar-refractivity contribution in [2.24, 2.45) is 35.0 Å². The lowest BCUT2D eigenvalue weighted by atomic mass is 9.49. The van der Waals surface area contributed by atoms with Gasteiger partial charge in [-0.2, -0.15) is 0 Å². The van der Waals surface area contributed by atoms with Gasteiger partial charge in [-0.1, -0.05) is 31.4 Å². The number of aliphatic hydroxyl groups excluding tert-OH is 1. The van der Waals surface area contributed by atoms with E-state index in [1.165, 1.54) is 44.1 Å². The fourth-order valence-corrected chi connectivity index (χ4v) is 7.59. The summed E-state index contributed by atoms with van der Waals surface area (Å²) in [4.78, 5) is 11.9. The van der Waals surface area contributed by atoms with Gasteiger partial charge in [0.05, 0.1) is 6.10 Å². The van der Waals surface area contributed by atoms with E-state index >= 15 is 0 Å². The molecule has 0 saturated heterocycles. The number of carbonyl (C=O) groups excluding carboxylic acids is 1. The summed E-state index contributed by atoms with van der Waals surface area (Å²) >= 11 is 0. The Bertz CT molecular complexity index is 560. The summed E-state index contributed by atoms with van der Waals surface area (Å²) in [5.41, 5.74) is 3.57. The second-order valence-electron chi connectivity index (χ2n) is 9.48. The molecule has 0 radical (unpaired) electrons. The van der Waals surface area contributed by atoms with Gasteiger partial charge in [-0.15, -0.1) is 0 Å². The van der Waals surface area contributed by atoms with Gasteiger partial charge in [0.15, 0.2) is 0 Å². The first-order valence-corrected chi connectivity index (χ1v) is 10.4. The van der Waals surface area contributed by atoms with E-state index in [2.05, 4.69) is 13.8 Å². The molecule has 1 N–H and O–H groups in total. The van der Waals surface area contributed by atoms with Crippen molar-refractivity contribution < 1.29 is 9.90 Å². The topological polar surface area (TPSA) is 37.3 Å². The average Bonchev–Trinajstić information content (AvgIpc) is 2.90. The van der Waals surface area contributed by atoms with E-state index in [0.717, 1.165) is 42.9 Å². The molecule has 2 fully saturated rings. The van der Waals surface area contributed by atoms with E-state index in [-0.39, 0.29) is 6.10 Å². The van der Waals surface area contributed by atoms with Crippen molar-refractivity contribution in [2.45, 2.75) is 84.7 Å². The Labute approximate surface area is 147 Å². The molecular formula is C22H34O2. The van der Waals surface area contributed by atoms with Gasteiger partial charge in [0, 0.05) is 12.8 Å². The molecule has 0 amide bonds. The maximum atomic E-state index is 11.9. The first-order valence-electron chi connectivity index (χ1n) is 10.4. The number of aliphatic hydroxyl groups is 1. The predicted octanol–water partition coefficient (Wildman–Crippen LogP) is 4.91. The second-order valence-corrected chi connectivity index (χ2v) is 9.48. The summed E-state index contributed by atoms with van der Waals surface area (Å²) < 4.78 is 0. The summed E-state index contributed by atoms with van der Waals surface area (Å²) in [6, 6.07) is 0. The largest absolute Gasteiger partial charge is 0.393 e. The standard InChI is InChI=1S/C22H34O2/c1-4-14-12-22(3)19(13(2)23)9-10-20(22)18-7-5-15-11-16(24)6-8-17(15)21(14)18/h13-14,18-21,23H,4-12H2,1-3H3/t13-,14+,18+,19+,20-,21-,22-/m1/s1. The van der Waals surface area contributed by atoms with Crippen LogP contribution in [0.1, 0.15) is 78.6 Å². The summed E-state index contributed by atoms with van der Waals surface area (Å²) in [7, 11) is 0. The average molecular weight is 331 g/mol. The molecule has 4 aliphatic carbocycles. The fourth-order valence-electron chi connectivity index (χ4n) is 7.59. The number of rotatable bonds is 2. The number of Topliss-reactive ketones (excluding diaryl/α,β-unsaturated/α-hetero) is 1. The summed E-state index contributed by atoms with van der Waals surface area (Å²) in [6.45, 7) is 6.87. The highest BCUT2D eigenvalue weighted by Crippen LogP contribution is 2.65. The van der Waals surface area contributed by atoms with Crippen molar-refractivity contribution in [1.29, 1.82) is 0 Å². The van der Waals surface area contributed by atoms with Gasteiger partial charge in [-0.3, -0.25) is 4.79 Å². The maximum Gasteiger partial charge on any atom is 0.137 e. The third-order valence-electron chi connectivity index (χ3n) is 8.50. The highest BCUT2D eigenvalue weighted by Gasteiger charge is 2.58. The van der Waals surface area contributed by atoms with Crippen molar-refractivity contribution in [1.82, 2.24) is 0 Å². The molecule has 2 heteroatoms. The Balaban J connectivity index is 1.70. The smallest absolute Gasteiger partial charge is 0.137 e. The Hall–Kier alpha value is -0.630.